The molecule has 102 valence electrons. The van der Waals surface area contributed by atoms with Crippen LogP contribution in [0.4, 0.5) is 0 Å². The first kappa shape index (κ1) is 13.5. The maximum atomic E-state index is 12.0. The number of rotatable bonds is 5. The quantitative estimate of drug-likeness (QED) is 0.770. The van der Waals surface area contributed by atoms with E-state index in [1.54, 1.807) is 6.07 Å². The molecule has 1 saturated heterocycles. The fourth-order valence-electron chi connectivity index (χ4n) is 1.92. The van der Waals surface area contributed by atoms with Crippen molar-refractivity contribution in [3.05, 3.63) is 18.0 Å². The molecule has 1 aliphatic heterocycles. The molecule has 0 atom stereocenters. The van der Waals surface area contributed by atoms with Crippen LogP contribution in [-0.4, -0.2) is 42.7 Å². The van der Waals surface area contributed by atoms with Gasteiger partial charge in [0.05, 0.1) is 12.2 Å². The summed E-state index contributed by atoms with van der Waals surface area (Å²) < 4.78 is 32.4. The van der Waals surface area contributed by atoms with Gasteiger partial charge in [-0.05, 0) is 18.8 Å². The van der Waals surface area contributed by atoms with Crippen LogP contribution in [-0.2, 0) is 16.8 Å². The predicted octanol–water partition coefficient (Wildman–Crippen LogP) is -0.287. The van der Waals surface area contributed by atoms with Crippen LogP contribution in [0.5, 0.6) is 0 Å². The van der Waals surface area contributed by atoms with Crippen molar-refractivity contribution in [3.8, 4) is 0 Å². The summed E-state index contributed by atoms with van der Waals surface area (Å²) in [6.45, 7) is 1.14. The highest BCUT2D eigenvalue weighted by Gasteiger charge is 2.27. The first-order valence-corrected chi connectivity index (χ1v) is 7.30. The molecule has 0 aliphatic carbocycles. The van der Waals surface area contributed by atoms with E-state index >= 15 is 0 Å². The topological polar surface area (TPSA) is 95.7 Å². The molecule has 0 bridgehead atoms. The second kappa shape index (κ2) is 5.79. The summed E-state index contributed by atoms with van der Waals surface area (Å²) in [5, 5.41) is 12.6. The van der Waals surface area contributed by atoms with Gasteiger partial charge in [-0.15, -0.1) is 0 Å². The molecule has 1 aromatic rings. The van der Waals surface area contributed by atoms with Crippen LogP contribution < -0.4 is 4.72 Å². The molecule has 0 radical (unpaired) electrons. The standard InChI is InChI=1S/C10H17N3O4S/c14-8-9-1-4-13(5-2-9)18(15,16)11-7-10-3-6-17-12-10/h3,6,9,11,14H,1-2,4-5,7-8H2. The number of hydrogen-bond acceptors (Lipinski definition) is 5. The van der Waals surface area contributed by atoms with Crippen molar-refractivity contribution < 1.29 is 18.0 Å². The van der Waals surface area contributed by atoms with Gasteiger partial charge < -0.3 is 9.63 Å². The van der Waals surface area contributed by atoms with Gasteiger partial charge in [0.15, 0.2) is 0 Å². The fourth-order valence-corrected chi connectivity index (χ4v) is 3.12. The molecule has 0 spiro atoms. The summed E-state index contributed by atoms with van der Waals surface area (Å²) in [6.07, 6.45) is 2.79. The summed E-state index contributed by atoms with van der Waals surface area (Å²) >= 11 is 0. The smallest absolute Gasteiger partial charge is 0.279 e. The zero-order valence-electron chi connectivity index (χ0n) is 9.95. The van der Waals surface area contributed by atoms with E-state index in [0.717, 1.165) is 0 Å². The molecule has 0 amide bonds. The van der Waals surface area contributed by atoms with Gasteiger partial charge in [0.2, 0.25) is 0 Å². The average Bonchev–Trinajstić information content (AvgIpc) is 2.90. The molecule has 1 aromatic heterocycles. The number of hydrogen-bond donors (Lipinski definition) is 2. The zero-order chi connectivity index (χ0) is 13.0. The first-order valence-electron chi connectivity index (χ1n) is 5.86. The van der Waals surface area contributed by atoms with E-state index in [4.69, 9.17) is 5.11 Å². The Morgan fingerprint density at radius 3 is 2.78 bits per heavy atom. The first-order chi connectivity index (χ1) is 8.62. The molecule has 8 heteroatoms. The molecule has 2 heterocycles. The van der Waals surface area contributed by atoms with E-state index in [0.29, 0.717) is 31.6 Å². The molecular weight excluding hydrogens is 258 g/mol. The largest absolute Gasteiger partial charge is 0.396 e. The normalized spacial score (nSPS) is 19.2. The van der Waals surface area contributed by atoms with Crippen molar-refractivity contribution in [3.63, 3.8) is 0 Å². The van der Waals surface area contributed by atoms with Gasteiger partial charge in [-0.2, -0.15) is 17.4 Å². The van der Waals surface area contributed by atoms with Crippen molar-refractivity contribution in [2.45, 2.75) is 19.4 Å². The number of piperidine rings is 1. The van der Waals surface area contributed by atoms with Crippen molar-refractivity contribution >= 4 is 10.2 Å². The van der Waals surface area contributed by atoms with Crippen molar-refractivity contribution in [2.24, 2.45) is 5.92 Å². The minimum atomic E-state index is -3.47. The Hall–Kier alpha value is -0.960. The van der Waals surface area contributed by atoms with Gasteiger partial charge in [0.1, 0.15) is 6.26 Å². The molecule has 2 N–H and O–H groups in total. The Morgan fingerprint density at radius 2 is 2.22 bits per heavy atom. The molecule has 0 unspecified atom stereocenters. The van der Waals surface area contributed by atoms with E-state index in [9.17, 15) is 8.42 Å². The number of aliphatic hydroxyl groups excluding tert-OH is 1. The average molecular weight is 275 g/mol. The third-order valence-electron chi connectivity index (χ3n) is 3.10. The number of aliphatic hydroxyl groups is 1. The molecule has 1 aliphatic rings. The van der Waals surface area contributed by atoms with Crippen molar-refractivity contribution in [2.75, 3.05) is 19.7 Å². The van der Waals surface area contributed by atoms with Crippen LogP contribution in [0.25, 0.3) is 0 Å². The highest BCUT2D eigenvalue weighted by atomic mass is 32.2. The van der Waals surface area contributed by atoms with Gasteiger partial charge in [-0.25, -0.2) is 0 Å². The van der Waals surface area contributed by atoms with E-state index in [1.807, 2.05) is 0 Å². The molecule has 0 aromatic carbocycles. The monoisotopic (exact) mass is 275 g/mol. The second-order valence-electron chi connectivity index (χ2n) is 4.34. The van der Waals surface area contributed by atoms with Gasteiger partial charge >= 0.3 is 0 Å². The number of aromatic nitrogens is 1. The zero-order valence-corrected chi connectivity index (χ0v) is 10.8. The maximum Gasteiger partial charge on any atom is 0.279 e. The van der Waals surface area contributed by atoms with Crippen LogP contribution in [0.2, 0.25) is 0 Å². The predicted molar refractivity (Wildman–Crippen MR) is 63.6 cm³/mol. The van der Waals surface area contributed by atoms with Crippen LogP contribution in [0.15, 0.2) is 16.9 Å². The fraction of sp³-hybridized carbons (Fsp3) is 0.700. The number of nitrogens with one attached hydrogen (secondary N) is 1. The Morgan fingerprint density at radius 1 is 1.50 bits per heavy atom. The van der Waals surface area contributed by atoms with E-state index in [2.05, 4.69) is 14.4 Å². The minimum Gasteiger partial charge on any atom is -0.396 e. The lowest BCUT2D eigenvalue weighted by Gasteiger charge is -2.30. The van der Waals surface area contributed by atoms with Gasteiger partial charge in [-0.3, -0.25) is 0 Å². The maximum absolute atomic E-state index is 12.0. The number of nitrogens with zero attached hydrogens (tertiary/aromatic N) is 2. The molecule has 18 heavy (non-hydrogen) atoms. The minimum absolute atomic E-state index is 0.124. The molecule has 1 fully saturated rings. The van der Waals surface area contributed by atoms with Gasteiger partial charge in [0, 0.05) is 25.8 Å². The highest BCUT2D eigenvalue weighted by molar-refractivity contribution is 7.87. The lowest BCUT2D eigenvalue weighted by molar-refractivity contribution is 0.169. The third-order valence-corrected chi connectivity index (χ3v) is 4.65. The second-order valence-corrected chi connectivity index (χ2v) is 6.10. The summed E-state index contributed by atoms with van der Waals surface area (Å²) in [6, 6.07) is 1.61. The van der Waals surface area contributed by atoms with Crippen LogP contribution >= 0.6 is 0 Å². The molecule has 0 saturated carbocycles. The lowest BCUT2D eigenvalue weighted by Crippen LogP contribution is -2.45. The van der Waals surface area contributed by atoms with Crippen LogP contribution in [0.3, 0.4) is 0 Å². The summed E-state index contributed by atoms with van der Waals surface area (Å²) in [4.78, 5) is 0. The Kier molecular flexibility index (Phi) is 4.33. The summed E-state index contributed by atoms with van der Waals surface area (Å²) in [5.74, 6) is 0.215. The molecule has 7 nitrogen and oxygen atoms in total. The highest BCUT2D eigenvalue weighted by Crippen LogP contribution is 2.18. The van der Waals surface area contributed by atoms with E-state index in [-0.39, 0.29) is 19.1 Å². The third kappa shape index (κ3) is 3.29. The van der Waals surface area contributed by atoms with Crippen molar-refractivity contribution in [1.82, 2.24) is 14.2 Å². The Bertz CT molecular complexity index is 451. The van der Waals surface area contributed by atoms with E-state index in [1.165, 1.54) is 10.6 Å². The lowest BCUT2D eigenvalue weighted by atomic mass is 10.00. The van der Waals surface area contributed by atoms with Gasteiger partial charge in [-0.1, -0.05) is 5.16 Å². The SMILES string of the molecule is O=S(=O)(NCc1ccon1)N1CCC(CO)CC1. The molecule has 2 rings (SSSR count). The van der Waals surface area contributed by atoms with Gasteiger partial charge in [0.25, 0.3) is 10.2 Å². The van der Waals surface area contributed by atoms with Crippen LogP contribution in [0, 0.1) is 5.92 Å². The van der Waals surface area contributed by atoms with Crippen molar-refractivity contribution in [1.29, 1.82) is 0 Å². The Labute approximate surface area is 106 Å². The van der Waals surface area contributed by atoms with Crippen LogP contribution in [0.1, 0.15) is 18.5 Å². The summed E-state index contributed by atoms with van der Waals surface area (Å²) in [5.41, 5.74) is 0.545. The van der Waals surface area contributed by atoms with E-state index < -0.39 is 10.2 Å². The summed E-state index contributed by atoms with van der Waals surface area (Å²) in [7, 11) is -3.47. The molecular formula is C10H17N3O4S. The Balaban J connectivity index is 1.87.